The Morgan fingerprint density at radius 2 is 1.80 bits per heavy atom. The van der Waals surface area contributed by atoms with Crippen molar-refractivity contribution in [1.29, 1.82) is 0 Å². The van der Waals surface area contributed by atoms with E-state index < -0.39 is 15.9 Å². The van der Waals surface area contributed by atoms with Crippen molar-refractivity contribution in [3.8, 4) is 11.1 Å². The monoisotopic (exact) mass is 507 g/mol. The van der Waals surface area contributed by atoms with Crippen molar-refractivity contribution in [3.63, 3.8) is 0 Å². The number of hydrogen-bond acceptors (Lipinski definition) is 4. The maximum absolute atomic E-state index is 12.7. The fourth-order valence-electron chi connectivity index (χ4n) is 3.91. The Labute approximate surface area is 210 Å². The lowest BCUT2D eigenvalue weighted by Crippen LogP contribution is -2.28. The van der Waals surface area contributed by atoms with Gasteiger partial charge in [0.15, 0.2) is 0 Å². The Balaban J connectivity index is 1.61. The first-order chi connectivity index (χ1) is 16.8. The van der Waals surface area contributed by atoms with Crippen molar-refractivity contribution in [3.05, 3.63) is 106 Å². The molecule has 1 heterocycles. The molecule has 180 valence electrons. The second-order valence-corrected chi connectivity index (χ2v) is 10.3. The predicted octanol–water partition coefficient (Wildman–Crippen LogP) is 7.03. The van der Waals surface area contributed by atoms with Gasteiger partial charge in [-0.15, -0.1) is 0 Å². The number of carbonyl (C=O) groups is 1. The lowest BCUT2D eigenvalue weighted by atomic mass is 9.98. The summed E-state index contributed by atoms with van der Waals surface area (Å²) in [7, 11) is -3.86. The molecule has 0 aliphatic heterocycles. The molecule has 0 fully saturated rings. The first kappa shape index (κ1) is 24.8. The van der Waals surface area contributed by atoms with E-state index in [4.69, 9.17) is 16.0 Å². The number of sulfonamides is 1. The SMILES string of the molecule is CCC/C=C/S(=O)(=O)NC(=O)c1ccc2oc(C)c(Cc3ccc(-c4ccccc4)cc3Cl)c2c1. The lowest BCUT2D eigenvalue weighted by molar-refractivity contribution is 0.0982. The zero-order valence-electron chi connectivity index (χ0n) is 19.5. The van der Waals surface area contributed by atoms with Crippen LogP contribution in [0, 0.1) is 6.92 Å². The van der Waals surface area contributed by atoms with Crippen molar-refractivity contribution in [2.24, 2.45) is 0 Å². The smallest absolute Gasteiger partial charge is 0.265 e. The lowest BCUT2D eigenvalue weighted by Gasteiger charge is -2.08. The Kier molecular flexibility index (Phi) is 7.43. The molecule has 1 aromatic heterocycles. The van der Waals surface area contributed by atoms with E-state index in [1.165, 1.54) is 6.08 Å². The van der Waals surface area contributed by atoms with Crippen molar-refractivity contribution in [2.75, 3.05) is 0 Å². The van der Waals surface area contributed by atoms with Crippen molar-refractivity contribution in [2.45, 2.75) is 33.1 Å². The summed E-state index contributed by atoms with van der Waals surface area (Å²) in [5.41, 5.74) is 4.79. The van der Waals surface area contributed by atoms with Crippen LogP contribution >= 0.6 is 11.6 Å². The number of fused-ring (bicyclic) bond motifs is 1. The summed E-state index contributed by atoms with van der Waals surface area (Å²) in [5.74, 6) is 0.0268. The van der Waals surface area contributed by atoms with Crippen LogP contribution in [-0.2, 0) is 16.4 Å². The minimum Gasteiger partial charge on any atom is -0.461 e. The van der Waals surface area contributed by atoms with Gasteiger partial charge in [-0.1, -0.05) is 73.5 Å². The fourth-order valence-corrected chi connectivity index (χ4v) is 4.99. The van der Waals surface area contributed by atoms with Gasteiger partial charge in [-0.05, 0) is 54.3 Å². The molecule has 7 heteroatoms. The number of halogens is 1. The average Bonchev–Trinajstić information content (AvgIpc) is 3.14. The van der Waals surface area contributed by atoms with E-state index >= 15 is 0 Å². The molecule has 1 amide bonds. The number of rotatable bonds is 8. The normalized spacial score (nSPS) is 11.9. The van der Waals surface area contributed by atoms with Gasteiger partial charge >= 0.3 is 0 Å². The van der Waals surface area contributed by atoms with Crippen LogP contribution in [0.1, 0.15) is 47.0 Å². The summed E-state index contributed by atoms with van der Waals surface area (Å²) >= 11 is 6.64. The van der Waals surface area contributed by atoms with Gasteiger partial charge in [0, 0.05) is 33.4 Å². The Morgan fingerprint density at radius 1 is 1.03 bits per heavy atom. The third kappa shape index (κ3) is 5.84. The van der Waals surface area contributed by atoms with Gasteiger partial charge in [0.25, 0.3) is 15.9 Å². The second-order valence-electron chi connectivity index (χ2n) is 8.33. The van der Waals surface area contributed by atoms with Gasteiger partial charge in [0.05, 0.1) is 0 Å². The number of unbranched alkanes of at least 4 members (excludes halogenated alkanes) is 1. The summed E-state index contributed by atoms with van der Waals surface area (Å²) < 4.78 is 32.4. The van der Waals surface area contributed by atoms with Crippen molar-refractivity contribution in [1.82, 2.24) is 4.72 Å². The number of carbonyl (C=O) groups excluding carboxylic acids is 1. The highest BCUT2D eigenvalue weighted by atomic mass is 35.5. The highest BCUT2D eigenvalue weighted by Gasteiger charge is 2.18. The number of benzene rings is 3. The quantitative estimate of drug-likeness (QED) is 0.278. The highest BCUT2D eigenvalue weighted by Crippen LogP contribution is 2.32. The van der Waals surface area contributed by atoms with Crippen LogP contribution in [0.4, 0.5) is 0 Å². The standard InChI is InChI=1S/C28H26ClNO4S/c1-3-4-8-15-35(32,33)30-28(31)23-13-14-27-25(17-23)24(19(2)34-27)16-22-12-11-21(18-26(22)29)20-9-6-5-7-10-20/h5-15,17-18H,3-4,16H2,1-2H3,(H,30,31)/b15-8+. The van der Waals surface area contributed by atoms with E-state index in [-0.39, 0.29) is 5.56 Å². The van der Waals surface area contributed by atoms with Gasteiger partial charge in [-0.3, -0.25) is 4.79 Å². The fraction of sp³-hybridized carbons (Fsp3) is 0.179. The molecule has 0 bridgehead atoms. The Bertz CT molecular complexity index is 1510. The van der Waals surface area contributed by atoms with E-state index in [0.29, 0.717) is 23.4 Å². The van der Waals surface area contributed by atoms with Crippen molar-refractivity contribution < 1.29 is 17.6 Å². The topological polar surface area (TPSA) is 76.4 Å². The molecule has 0 saturated carbocycles. The van der Waals surface area contributed by atoms with E-state index in [2.05, 4.69) is 4.72 Å². The third-order valence-electron chi connectivity index (χ3n) is 5.75. The summed E-state index contributed by atoms with van der Waals surface area (Å²) in [5, 5.41) is 2.41. The largest absolute Gasteiger partial charge is 0.461 e. The molecule has 1 N–H and O–H groups in total. The molecule has 4 aromatic rings. The molecule has 0 aliphatic carbocycles. The maximum atomic E-state index is 12.7. The maximum Gasteiger partial charge on any atom is 0.265 e. The van der Waals surface area contributed by atoms with E-state index in [0.717, 1.165) is 45.2 Å². The van der Waals surface area contributed by atoms with Gasteiger partial charge in [-0.2, -0.15) is 0 Å². The molecule has 0 atom stereocenters. The number of aryl methyl sites for hydroxylation is 1. The second kappa shape index (κ2) is 10.5. The molecule has 4 rings (SSSR count). The molecule has 3 aromatic carbocycles. The van der Waals surface area contributed by atoms with Crippen LogP contribution in [0.5, 0.6) is 0 Å². The van der Waals surface area contributed by atoms with E-state index in [1.807, 2.05) is 62.4 Å². The first-order valence-electron chi connectivity index (χ1n) is 11.4. The average molecular weight is 508 g/mol. The minimum atomic E-state index is -3.86. The van der Waals surface area contributed by atoms with Gasteiger partial charge in [0.2, 0.25) is 0 Å². The number of amides is 1. The van der Waals surface area contributed by atoms with Crippen LogP contribution in [-0.4, -0.2) is 14.3 Å². The van der Waals surface area contributed by atoms with E-state index in [1.54, 1.807) is 18.2 Å². The Hall–Kier alpha value is -3.35. The van der Waals surface area contributed by atoms with Crippen LogP contribution in [0.25, 0.3) is 22.1 Å². The van der Waals surface area contributed by atoms with Gasteiger partial charge in [0.1, 0.15) is 11.3 Å². The Morgan fingerprint density at radius 3 is 2.51 bits per heavy atom. The minimum absolute atomic E-state index is 0.234. The zero-order chi connectivity index (χ0) is 25.0. The highest BCUT2D eigenvalue weighted by molar-refractivity contribution is 7.92. The summed E-state index contributed by atoms with van der Waals surface area (Å²) in [6, 6.07) is 20.9. The molecular formula is C28H26ClNO4S. The molecule has 0 radical (unpaired) electrons. The van der Waals surface area contributed by atoms with Crippen molar-refractivity contribution >= 4 is 38.5 Å². The van der Waals surface area contributed by atoms with Crippen LogP contribution in [0.15, 0.2) is 82.6 Å². The van der Waals surface area contributed by atoms with Gasteiger partial charge in [-0.25, -0.2) is 13.1 Å². The number of allylic oxidation sites excluding steroid dienone is 1. The van der Waals surface area contributed by atoms with Crippen LogP contribution in [0.2, 0.25) is 5.02 Å². The molecule has 0 saturated heterocycles. The molecular weight excluding hydrogens is 482 g/mol. The van der Waals surface area contributed by atoms with Crippen LogP contribution in [0.3, 0.4) is 0 Å². The number of hydrogen-bond donors (Lipinski definition) is 1. The summed E-state index contributed by atoms with van der Waals surface area (Å²) in [4.78, 5) is 12.7. The molecule has 0 spiro atoms. The summed E-state index contributed by atoms with van der Waals surface area (Å²) in [6.45, 7) is 3.81. The predicted molar refractivity (Wildman–Crippen MR) is 141 cm³/mol. The van der Waals surface area contributed by atoms with E-state index in [9.17, 15) is 13.2 Å². The molecule has 5 nitrogen and oxygen atoms in total. The third-order valence-corrected chi connectivity index (χ3v) is 7.12. The molecule has 35 heavy (non-hydrogen) atoms. The summed E-state index contributed by atoms with van der Waals surface area (Å²) in [6.07, 6.45) is 3.48. The number of nitrogens with one attached hydrogen (secondary N) is 1. The number of furan rings is 1. The van der Waals surface area contributed by atoms with Crippen LogP contribution < -0.4 is 4.72 Å². The molecule has 0 aliphatic rings. The molecule has 0 unspecified atom stereocenters. The zero-order valence-corrected chi connectivity index (χ0v) is 21.1. The first-order valence-corrected chi connectivity index (χ1v) is 13.3. The van der Waals surface area contributed by atoms with Gasteiger partial charge < -0.3 is 4.42 Å².